The van der Waals surface area contributed by atoms with Gasteiger partial charge in [-0.15, -0.1) is 0 Å². The Balaban J connectivity index is 0.000000144. The highest BCUT2D eigenvalue weighted by molar-refractivity contribution is 7.71. The number of ether oxygens (including phenoxy) is 8. The number of aryl methyl sites for hydroxylation is 5. The Morgan fingerprint density at radius 1 is 0.325 bits per heavy atom. The van der Waals surface area contributed by atoms with E-state index in [0.717, 1.165) is 121 Å². The molecule has 0 bridgehead atoms. The van der Waals surface area contributed by atoms with Crippen LogP contribution in [0.25, 0.3) is 110 Å². The molecule has 0 unspecified atom stereocenters. The Bertz CT molecular complexity index is 6130. The molecule has 0 radical (unpaired) electrons. The Morgan fingerprint density at radius 3 is 0.812 bits per heavy atom. The van der Waals surface area contributed by atoms with Crippen molar-refractivity contribution in [1.82, 2.24) is 22.8 Å². The van der Waals surface area contributed by atoms with Gasteiger partial charge in [-0.2, -0.15) is 0 Å². The molecule has 0 amide bonds. The van der Waals surface area contributed by atoms with Gasteiger partial charge in [-0.3, -0.25) is 19.2 Å². The predicted octanol–water partition coefficient (Wildman–Crippen LogP) is 20.4. The summed E-state index contributed by atoms with van der Waals surface area (Å²) < 4.78 is 51.5. The first-order valence-corrected chi connectivity index (χ1v) is 37.7. The van der Waals surface area contributed by atoms with Crippen LogP contribution in [0, 0.1) is 4.64 Å². The smallest absolute Gasteiger partial charge is 0.333 e. The second-order valence-corrected chi connectivity index (χ2v) is 27.5. The summed E-state index contributed by atoms with van der Waals surface area (Å²) in [6.07, 6.45) is 3.75. The number of pyridine rings is 5. The molecule has 0 saturated heterocycles. The number of fused-ring (bicyclic) bond motifs is 5. The minimum atomic E-state index is -0.518. The second-order valence-electron chi connectivity index (χ2n) is 27.1. The lowest BCUT2D eigenvalue weighted by Gasteiger charge is -2.11. The molecule has 15 rings (SSSR count). The van der Waals surface area contributed by atoms with E-state index >= 15 is 0 Å². The van der Waals surface area contributed by atoms with Crippen molar-refractivity contribution in [2.24, 2.45) is 35.2 Å². The van der Waals surface area contributed by atoms with E-state index in [0.29, 0.717) is 52.7 Å². The molecule has 0 spiro atoms. The van der Waals surface area contributed by atoms with Gasteiger partial charge in [-0.1, -0.05) is 197 Å². The van der Waals surface area contributed by atoms with Gasteiger partial charge in [0, 0.05) is 74.6 Å². The first-order chi connectivity index (χ1) is 56.6. The average molecular weight is 1580 g/mol. The number of rotatable bonds is 23. The fraction of sp³-hybridized carbons (Fsp3) is 0.122. The van der Waals surface area contributed by atoms with Crippen molar-refractivity contribution in [3.8, 4) is 84.4 Å². The maximum Gasteiger partial charge on any atom is 0.333 e. The zero-order chi connectivity index (χ0) is 83.1. The fourth-order valence-corrected chi connectivity index (χ4v) is 13.0. The van der Waals surface area contributed by atoms with Crippen LogP contribution in [-0.2, 0) is 54.2 Å². The van der Waals surface area contributed by atoms with E-state index in [1.165, 1.54) is 12.5 Å². The van der Waals surface area contributed by atoms with E-state index in [-0.39, 0.29) is 42.6 Å². The molecule has 15 aromatic rings. The number of aromatic nitrogens is 5. The van der Waals surface area contributed by atoms with E-state index in [1.807, 2.05) is 280 Å². The van der Waals surface area contributed by atoms with Crippen LogP contribution in [0.3, 0.4) is 0 Å². The number of hydrogen-bond donors (Lipinski definition) is 0. The Labute approximate surface area is 683 Å². The number of para-hydroxylation sites is 5. The van der Waals surface area contributed by atoms with Crippen LogP contribution < -0.4 is 45.9 Å². The third kappa shape index (κ3) is 21.0. The third-order valence-electron chi connectivity index (χ3n) is 18.9. The molecule has 5 heterocycles. The minimum Gasteiger partial charge on any atom is -0.489 e. The van der Waals surface area contributed by atoms with Crippen LogP contribution in [0.15, 0.2) is 355 Å². The van der Waals surface area contributed by atoms with Crippen LogP contribution in [0.4, 0.5) is 0 Å². The van der Waals surface area contributed by atoms with Gasteiger partial charge in [0.1, 0.15) is 46.6 Å². The van der Waals surface area contributed by atoms with Crippen molar-refractivity contribution in [3.05, 3.63) is 382 Å². The summed E-state index contributed by atoms with van der Waals surface area (Å²) >= 11 is 5.61. The number of hydrogen-bond acceptors (Lipinski definition) is 14. The maximum atomic E-state index is 12.6. The van der Waals surface area contributed by atoms with Crippen molar-refractivity contribution in [3.63, 3.8) is 0 Å². The monoisotopic (exact) mass is 1580 g/mol. The first kappa shape index (κ1) is 83.4. The normalized spacial score (nSPS) is 10.6. The predicted molar refractivity (Wildman–Crippen MR) is 474 cm³/mol. The summed E-state index contributed by atoms with van der Waals surface area (Å²) in [5, 5.41) is 5.29. The average Bonchev–Trinajstić information content (AvgIpc) is 0.808. The van der Waals surface area contributed by atoms with Crippen LogP contribution in [-0.4, -0.2) is 62.4 Å². The van der Waals surface area contributed by atoms with Crippen LogP contribution in [0.1, 0.15) is 13.8 Å². The van der Waals surface area contributed by atoms with Gasteiger partial charge in [-0.25, -0.2) is 4.79 Å². The lowest BCUT2D eigenvalue weighted by molar-refractivity contribution is -0.144. The Kier molecular flexibility index (Phi) is 28.3. The van der Waals surface area contributed by atoms with Crippen LogP contribution in [0.2, 0.25) is 0 Å². The lowest BCUT2D eigenvalue weighted by Crippen LogP contribution is -2.18. The maximum absolute atomic E-state index is 12.6. The van der Waals surface area contributed by atoms with E-state index < -0.39 is 5.97 Å². The van der Waals surface area contributed by atoms with Crippen LogP contribution in [0.5, 0.6) is 28.7 Å². The van der Waals surface area contributed by atoms with Crippen molar-refractivity contribution >= 4 is 72.7 Å². The Hall–Kier alpha value is -14.6. The molecule has 0 aliphatic heterocycles. The number of nitrogens with zero attached hydrogens (tertiary/aromatic N) is 5. The topological polar surface area (TPSA) is 184 Å². The molecule has 0 aliphatic rings. The summed E-state index contributed by atoms with van der Waals surface area (Å²) in [5.41, 5.74) is 14.9. The summed E-state index contributed by atoms with van der Waals surface area (Å²) in [5.74, 6) is 2.98. The molecule has 0 aliphatic carbocycles. The summed E-state index contributed by atoms with van der Waals surface area (Å²) in [6, 6.07) is 86.9. The van der Waals surface area contributed by atoms with Crippen molar-refractivity contribution < 1.29 is 42.7 Å². The van der Waals surface area contributed by atoms with Crippen molar-refractivity contribution in [1.29, 1.82) is 0 Å². The molecule has 0 saturated carbocycles. The summed E-state index contributed by atoms with van der Waals surface area (Å²) in [4.78, 5) is 61.3. The lowest BCUT2D eigenvalue weighted by atomic mass is 10.0. The standard InChI is InChI=1S/C20H17NO3S.2C20H19NO2.2C19H17NO3/c1-3-19(22)24-13-23-16-10-8-14(9-11-16)17-12-15-6-4-5-7-18(15)21(2)20(17)25;2*1-14(2)13-23-17-10-8-15(9-11-17)18-12-16-6-4-5-7-19(16)21(3)20(18)22;2*1-3-22-13-23-16-10-8-14(9-11-16)17-12-15-6-4-5-7-18(15)20(2)19(17)21/h3-12H,1,13H2,2H3;2*4-12H,1,13H2,2-3H3;2*3-12H,1,13H2,2H3. The number of esters is 1. The minimum absolute atomic E-state index is 0.000644. The first-order valence-electron chi connectivity index (χ1n) is 37.3. The molecule has 0 N–H and O–H groups in total. The van der Waals surface area contributed by atoms with E-state index in [4.69, 9.17) is 50.1 Å². The van der Waals surface area contributed by atoms with E-state index in [2.05, 4.69) is 51.1 Å². The largest absolute Gasteiger partial charge is 0.489 e. The van der Waals surface area contributed by atoms with E-state index in [1.54, 1.807) is 46.5 Å². The number of carbonyl (C=O) groups excluding carboxylic acids is 1. The zero-order valence-corrected chi connectivity index (χ0v) is 67.1. The van der Waals surface area contributed by atoms with Gasteiger partial charge in [0.2, 0.25) is 20.4 Å². The molecule has 18 nitrogen and oxygen atoms in total. The van der Waals surface area contributed by atoms with E-state index in [9.17, 15) is 24.0 Å². The van der Waals surface area contributed by atoms with Gasteiger partial charge in [0.05, 0.1) is 34.6 Å². The molecule has 0 fully saturated rings. The summed E-state index contributed by atoms with van der Waals surface area (Å²) in [6.45, 7) is 22.8. The quantitative estimate of drug-likeness (QED) is 0.0112. The van der Waals surface area contributed by atoms with Gasteiger partial charge >= 0.3 is 5.97 Å². The molecule has 0 atom stereocenters. The third-order valence-corrected chi connectivity index (χ3v) is 19.4. The molecule has 117 heavy (non-hydrogen) atoms. The number of benzene rings is 10. The summed E-state index contributed by atoms with van der Waals surface area (Å²) in [7, 11) is 9.16. The SMILES string of the molecule is C=C(C)COc1ccc(-c2cc3ccccc3n(C)c2=O)cc1.C=C(C)COc1ccc(-c2cc3ccccc3n(C)c2=O)cc1.C=CC(=O)OCOc1ccc(-c2cc3ccccc3n(C)c2=S)cc1.C=COCOc1ccc(-c2cc3ccccc3n(C)c2=O)cc1.C=COCOc1ccc(-c2cc3ccccc3n(C)c2=O)cc1. The highest BCUT2D eigenvalue weighted by atomic mass is 32.1. The van der Waals surface area contributed by atoms with Gasteiger partial charge in [0.25, 0.3) is 22.2 Å². The Morgan fingerprint density at radius 2 is 0.556 bits per heavy atom. The van der Waals surface area contributed by atoms with Crippen LogP contribution >= 0.6 is 12.2 Å². The molecule has 19 heteroatoms. The fourth-order valence-electron chi connectivity index (χ4n) is 12.7. The highest BCUT2D eigenvalue weighted by Gasteiger charge is 2.15. The molecule has 10 aromatic carbocycles. The van der Waals surface area contributed by atoms with Crippen molar-refractivity contribution in [2.75, 3.05) is 33.6 Å². The molecule has 590 valence electrons. The molecular weight excluding hydrogens is 1490 g/mol. The second kappa shape index (κ2) is 39.8. The van der Waals surface area contributed by atoms with Gasteiger partial charge in [0.15, 0.2) is 0 Å². The van der Waals surface area contributed by atoms with Gasteiger partial charge in [-0.05, 0) is 201 Å². The highest BCUT2D eigenvalue weighted by Crippen LogP contribution is 2.31. The van der Waals surface area contributed by atoms with Gasteiger partial charge < -0.3 is 60.7 Å². The molecular formula is C98H89N5O13S. The van der Waals surface area contributed by atoms with Crippen molar-refractivity contribution in [2.45, 2.75) is 13.8 Å². The molecule has 5 aromatic heterocycles. The number of carbonyl (C=O) groups is 1. The zero-order valence-electron chi connectivity index (χ0n) is 66.2.